The van der Waals surface area contributed by atoms with E-state index in [1.165, 1.54) is 0 Å². The second kappa shape index (κ2) is 35.3. The van der Waals surface area contributed by atoms with E-state index in [0.29, 0.717) is 51.1 Å². The van der Waals surface area contributed by atoms with Gasteiger partial charge in [-0.15, -0.1) is 0 Å². The molecule has 0 atom stereocenters. The maximum Gasteiger partial charge on any atom is 0.267 e. The Morgan fingerprint density at radius 3 is 1.13 bits per heavy atom. The van der Waals surface area contributed by atoms with E-state index in [0.717, 1.165) is 25.6 Å². The first kappa shape index (κ1) is 67.8. The third-order valence-electron chi connectivity index (χ3n) is 11.3. The van der Waals surface area contributed by atoms with E-state index < -0.39 is 29.5 Å². The molecule has 0 aliphatic heterocycles. The average molecular weight is 1280 g/mol. The molecule has 0 spiro atoms. The van der Waals surface area contributed by atoms with Crippen molar-refractivity contribution in [1.82, 2.24) is 31.9 Å². The van der Waals surface area contributed by atoms with E-state index in [9.17, 15) is 28.8 Å². The van der Waals surface area contributed by atoms with Gasteiger partial charge >= 0.3 is 0 Å². The van der Waals surface area contributed by atoms with Gasteiger partial charge in [-0.3, -0.25) is 28.8 Å². The van der Waals surface area contributed by atoms with Crippen LogP contribution in [0.3, 0.4) is 0 Å². The van der Waals surface area contributed by atoms with Gasteiger partial charge in [0.05, 0.1) is 33.0 Å². The van der Waals surface area contributed by atoms with Gasteiger partial charge in [-0.2, -0.15) is 0 Å². The maximum atomic E-state index is 12.6. The predicted molar refractivity (Wildman–Crippen MR) is 331 cm³/mol. The largest absolute Gasteiger partial charge is 0.493 e. The van der Waals surface area contributed by atoms with Crippen molar-refractivity contribution in [3.63, 3.8) is 0 Å². The van der Waals surface area contributed by atoms with Crippen molar-refractivity contribution in [3.05, 3.63) is 221 Å². The molecule has 0 unspecified atom stereocenters. The first-order valence-electron chi connectivity index (χ1n) is 26.2. The Hall–Kier alpha value is -7.75. The smallest absolute Gasteiger partial charge is 0.267 e. The molecule has 20 heteroatoms. The molecular weight excluding hydrogens is 1210 g/mol. The highest BCUT2D eigenvalue weighted by atomic mass is 79.9. The van der Waals surface area contributed by atoms with Crippen LogP contribution in [0.25, 0.3) is 18.2 Å². The molecule has 0 bridgehead atoms. The summed E-state index contributed by atoms with van der Waals surface area (Å²) in [6.07, 6.45) is 4.70. The normalized spacial score (nSPS) is 11.4. The van der Waals surface area contributed by atoms with Crippen LogP contribution in [0.2, 0.25) is 5.02 Å². The molecule has 0 fully saturated rings. The lowest BCUT2D eigenvalue weighted by molar-refractivity contribution is -0.118. The number of ether oxygens (including phenoxy) is 1. The van der Waals surface area contributed by atoms with Crippen LogP contribution in [0, 0.1) is 5.92 Å². The van der Waals surface area contributed by atoms with Gasteiger partial charge in [0.15, 0.2) is 0 Å². The van der Waals surface area contributed by atoms with Crippen LogP contribution >= 0.6 is 43.5 Å². The molecule has 0 saturated heterocycles. The lowest BCUT2D eigenvalue weighted by Gasteiger charge is -2.19. The van der Waals surface area contributed by atoms with Gasteiger partial charge in [-0.1, -0.05) is 139 Å². The van der Waals surface area contributed by atoms with Crippen LogP contribution in [-0.2, 0) is 26.4 Å². The van der Waals surface area contributed by atoms with Gasteiger partial charge < -0.3 is 57.1 Å². The molecule has 0 heterocycles. The van der Waals surface area contributed by atoms with Gasteiger partial charge in [0.25, 0.3) is 35.4 Å². The molecule has 6 aromatic carbocycles. The van der Waals surface area contributed by atoms with Crippen molar-refractivity contribution in [2.75, 3.05) is 46.1 Å². The fourth-order valence-corrected chi connectivity index (χ4v) is 7.53. The van der Waals surface area contributed by atoms with E-state index in [1.807, 2.05) is 48.5 Å². The number of benzene rings is 6. The third-order valence-corrected chi connectivity index (χ3v) is 12.6. The summed E-state index contributed by atoms with van der Waals surface area (Å²) in [6, 6.07) is 41.9. The Kier molecular flexibility index (Phi) is 28.8. The zero-order valence-corrected chi connectivity index (χ0v) is 50.5. The number of rotatable bonds is 22. The summed E-state index contributed by atoms with van der Waals surface area (Å²) < 4.78 is 7.43. The second-order valence-electron chi connectivity index (χ2n) is 19.5. The van der Waals surface area contributed by atoms with Crippen molar-refractivity contribution in [1.29, 1.82) is 0 Å². The van der Waals surface area contributed by atoms with Gasteiger partial charge in [-0.25, -0.2) is 0 Å². The fourth-order valence-electron chi connectivity index (χ4n) is 6.88. The van der Waals surface area contributed by atoms with Crippen molar-refractivity contribution in [2.24, 2.45) is 5.92 Å². The number of nitrogens with one attached hydrogen (secondary N) is 6. The zero-order chi connectivity index (χ0) is 60.9. The predicted octanol–water partition coefficient (Wildman–Crippen LogP) is 8.70. The highest BCUT2D eigenvalue weighted by Crippen LogP contribution is 2.23. The fraction of sp³-hybridized carbons (Fsp3) is 0.238. The number of aliphatic hydroxyl groups is 4. The summed E-state index contributed by atoms with van der Waals surface area (Å²) in [5.74, 6) is -1.64. The molecule has 0 aliphatic rings. The highest BCUT2D eigenvalue weighted by molar-refractivity contribution is 9.10. The first-order chi connectivity index (χ1) is 39.6. The maximum absolute atomic E-state index is 12.6. The SMILES string of the molecule is CC(C)(C)c1ccc(C(=O)N/C(=C\c2ccc(Br)cc2)C(=O)NCCO)cc1.CC(C)COc1ccc(C(=O)N/C(=C\c2ccc(Cl)cc2)C(=O)NCCO)cc1.O=C(NCCO)/C(=C/c1ccc(Br)cc1)NC(=O)c1ccc(CO)cc1. The lowest BCUT2D eigenvalue weighted by atomic mass is 9.87. The van der Waals surface area contributed by atoms with E-state index in [2.05, 4.69) is 98.4 Å². The zero-order valence-electron chi connectivity index (χ0n) is 46.6. The van der Waals surface area contributed by atoms with E-state index in [4.69, 9.17) is 36.8 Å². The quantitative estimate of drug-likeness (QED) is 0.0287. The van der Waals surface area contributed by atoms with Gasteiger partial charge in [0.1, 0.15) is 22.8 Å². The molecule has 438 valence electrons. The standard InChI is InChI=1S/C22H25BrN2O3.C22H25ClN2O4.C19H19BrN2O4/c1-22(2,3)17-8-6-16(7-9-17)20(27)25-19(21(28)24-12-13-26)14-15-4-10-18(23)11-5-15;1-15(2)14-29-19-9-5-17(6-10-19)21(27)25-20(22(28)24-11-12-26)13-16-3-7-18(23)8-4-16;20-16-7-3-13(4-8-16)11-17(19(26)21-9-10-23)22-18(25)15-5-1-14(12-24)2-6-15/h4-11,14,26H,12-13H2,1-3H3,(H,24,28)(H,25,27);3-10,13,15,26H,11-12,14H2,1-2H3,(H,24,28)(H,25,27);1-8,11,23-24H,9-10,12H2,(H,21,26)(H,22,25)/b19-14-;20-13-;17-11-. The molecule has 0 aromatic heterocycles. The lowest BCUT2D eigenvalue weighted by Crippen LogP contribution is -2.36. The molecule has 10 N–H and O–H groups in total. The molecule has 83 heavy (non-hydrogen) atoms. The third kappa shape index (κ3) is 24.7. The minimum Gasteiger partial charge on any atom is -0.493 e. The summed E-state index contributed by atoms with van der Waals surface area (Å²) in [7, 11) is 0. The Balaban J connectivity index is 0.000000268. The van der Waals surface area contributed by atoms with Crippen LogP contribution in [0.15, 0.2) is 172 Å². The molecule has 17 nitrogen and oxygen atoms in total. The summed E-state index contributed by atoms with van der Waals surface area (Å²) in [5.41, 5.74) is 5.45. The van der Waals surface area contributed by atoms with Crippen molar-refractivity contribution >= 4 is 97.1 Å². The van der Waals surface area contributed by atoms with Crippen molar-refractivity contribution in [2.45, 2.75) is 46.6 Å². The van der Waals surface area contributed by atoms with Crippen LogP contribution in [0.4, 0.5) is 0 Å². The van der Waals surface area contributed by atoms with Crippen LogP contribution in [0.1, 0.15) is 93.5 Å². The van der Waals surface area contributed by atoms with E-state index in [-0.39, 0.29) is 74.5 Å². The summed E-state index contributed by atoms with van der Waals surface area (Å²) in [6.45, 7) is 10.6. The molecule has 6 aromatic rings. The Morgan fingerprint density at radius 2 is 0.819 bits per heavy atom. The van der Waals surface area contributed by atoms with Gasteiger partial charge in [0, 0.05) is 50.3 Å². The molecule has 0 aliphatic carbocycles. The van der Waals surface area contributed by atoms with Crippen LogP contribution in [0.5, 0.6) is 5.75 Å². The van der Waals surface area contributed by atoms with Crippen LogP contribution < -0.4 is 36.6 Å². The number of halogens is 3. The second-order valence-corrected chi connectivity index (χ2v) is 21.8. The molecule has 0 radical (unpaired) electrons. The minimum atomic E-state index is -0.501. The average Bonchev–Trinajstić information content (AvgIpc) is 3.53. The monoisotopic (exact) mass is 1280 g/mol. The van der Waals surface area contributed by atoms with E-state index in [1.54, 1.807) is 115 Å². The van der Waals surface area contributed by atoms with Crippen molar-refractivity contribution in [3.8, 4) is 5.75 Å². The highest BCUT2D eigenvalue weighted by Gasteiger charge is 2.19. The van der Waals surface area contributed by atoms with Gasteiger partial charge in [-0.05, 0) is 142 Å². The summed E-state index contributed by atoms with van der Waals surface area (Å²) >= 11 is 12.6. The minimum absolute atomic E-state index is 0.00810. The number of carbonyl (C=O) groups is 6. The molecular formula is C63H69Br2ClN6O11. The van der Waals surface area contributed by atoms with Crippen molar-refractivity contribution < 1.29 is 53.9 Å². The van der Waals surface area contributed by atoms with E-state index >= 15 is 0 Å². The number of amides is 6. The first-order valence-corrected chi connectivity index (χ1v) is 28.2. The molecule has 0 saturated carbocycles. The molecule has 6 amide bonds. The van der Waals surface area contributed by atoms with Gasteiger partial charge in [0.2, 0.25) is 0 Å². The summed E-state index contributed by atoms with van der Waals surface area (Å²) in [4.78, 5) is 74.8. The number of carbonyl (C=O) groups excluding carboxylic acids is 6. The topological polar surface area (TPSA) is 265 Å². The summed E-state index contributed by atoms with van der Waals surface area (Å²) in [5, 5.41) is 51.9. The molecule has 6 rings (SSSR count). The number of hydrogen-bond acceptors (Lipinski definition) is 11. The Bertz CT molecular complexity index is 3170. The Labute approximate surface area is 505 Å². The Morgan fingerprint density at radius 1 is 0.494 bits per heavy atom. The number of hydrogen-bond donors (Lipinski definition) is 10. The number of aliphatic hydroxyl groups excluding tert-OH is 4. The van der Waals surface area contributed by atoms with Crippen LogP contribution in [-0.4, -0.2) is 102 Å².